The third kappa shape index (κ3) is 2.06. The van der Waals surface area contributed by atoms with Crippen LogP contribution in [0, 0.1) is 28.9 Å². The summed E-state index contributed by atoms with van der Waals surface area (Å²) in [5, 5.41) is 14.7. The van der Waals surface area contributed by atoms with E-state index >= 15 is 0 Å². The Hall–Kier alpha value is -1.63. The lowest BCUT2D eigenvalue weighted by atomic mass is 9.89. The van der Waals surface area contributed by atoms with Crippen molar-refractivity contribution in [2.45, 2.75) is 26.8 Å². The molecule has 1 aromatic rings. The van der Waals surface area contributed by atoms with Crippen LogP contribution in [-0.4, -0.2) is 40.7 Å². The lowest BCUT2D eigenvalue weighted by molar-refractivity contribution is -0.388. The van der Waals surface area contributed by atoms with E-state index in [9.17, 15) is 10.1 Å². The summed E-state index contributed by atoms with van der Waals surface area (Å²) in [7, 11) is 0. The lowest BCUT2D eigenvalue weighted by Gasteiger charge is -2.35. The number of fused-ring (bicyclic) bond motifs is 1. The van der Waals surface area contributed by atoms with E-state index in [1.54, 1.807) is 0 Å². The molecule has 3 heterocycles. The van der Waals surface area contributed by atoms with Gasteiger partial charge in [-0.25, -0.2) is 0 Å². The maximum atomic E-state index is 11.3. The summed E-state index contributed by atoms with van der Waals surface area (Å²) in [6.07, 6.45) is 1.10. The fraction of sp³-hybridized carbons (Fsp3) is 0.769. The Bertz CT molecular complexity index is 527. The molecular weight excluding hydrogens is 258 g/mol. The molecule has 2 aliphatic heterocycles. The van der Waals surface area contributed by atoms with Crippen molar-refractivity contribution in [3.63, 3.8) is 0 Å². The number of hydrogen-bond acceptors (Lipinski definition) is 5. The number of nitro groups is 1. The summed E-state index contributed by atoms with van der Waals surface area (Å²) in [5.74, 6) is 2.75. The number of aryl methyl sites for hydroxylation is 1. The van der Waals surface area contributed by atoms with Crippen LogP contribution in [0.15, 0.2) is 0 Å². The second-order valence-corrected chi connectivity index (χ2v) is 5.72. The molecule has 2 atom stereocenters. The highest BCUT2D eigenvalue weighted by Crippen LogP contribution is 2.35. The van der Waals surface area contributed by atoms with Crippen molar-refractivity contribution in [3.05, 3.63) is 15.9 Å². The van der Waals surface area contributed by atoms with E-state index in [1.165, 1.54) is 0 Å². The average Bonchev–Trinajstić information content (AvgIpc) is 3.01. The van der Waals surface area contributed by atoms with Crippen LogP contribution in [0.3, 0.4) is 0 Å². The van der Waals surface area contributed by atoms with Crippen LogP contribution < -0.4 is 10.2 Å². The van der Waals surface area contributed by atoms with Crippen molar-refractivity contribution >= 4 is 11.6 Å². The van der Waals surface area contributed by atoms with E-state index < -0.39 is 0 Å². The molecule has 1 aromatic heterocycles. The van der Waals surface area contributed by atoms with Gasteiger partial charge in [-0.05, 0) is 48.2 Å². The molecule has 0 amide bonds. The Labute approximate surface area is 118 Å². The number of anilines is 1. The molecule has 7 nitrogen and oxygen atoms in total. The number of nitrogens with one attached hydrogen (secondary N) is 1. The highest BCUT2D eigenvalue weighted by Gasteiger charge is 2.37. The van der Waals surface area contributed by atoms with Crippen molar-refractivity contribution in [1.29, 1.82) is 0 Å². The van der Waals surface area contributed by atoms with E-state index in [0.717, 1.165) is 44.3 Å². The van der Waals surface area contributed by atoms with Crippen LogP contribution in [0.4, 0.5) is 11.6 Å². The van der Waals surface area contributed by atoms with E-state index in [2.05, 4.69) is 15.2 Å². The fourth-order valence-electron chi connectivity index (χ4n) is 3.58. The smallest absolute Gasteiger partial charge is 0.358 e. The van der Waals surface area contributed by atoms with Crippen LogP contribution in [0.1, 0.15) is 19.2 Å². The monoisotopic (exact) mass is 279 g/mol. The van der Waals surface area contributed by atoms with Crippen LogP contribution in [0.5, 0.6) is 0 Å². The normalized spacial score (nSPS) is 25.8. The van der Waals surface area contributed by atoms with Gasteiger partial charge in [0, 0.05) is 26.6 Å². The van der Waals surface area contributed by atoms with Crippen LogP contribution >= 0.6 is 0 Å². The standard InChI is InChI=1S/C13H21N5O2/c1-3-17-9(2)15-12(18(19)20)13(17)16-5-4-10-6-14-7-11(10)8-16/h10-11,14H,3-8H2,1-2H3. The zero-order valence-corrected chi connectivity index (χ0v) is 12.0. The zero-order chi connectivity index (χ0) is 14.3. The third-order valence-corrected chi connectivity index (χ3v) is 4.61. The van der Waals surface area contributed by atoms with Gasteiger partial charge in [0.15, 0.2) is 0 Å². The maximum absolute atomic E-state index is 11.3. The molecule has 1 N–H and O–H groups in total. The van der Waals surface area contributed by atoms with Gasteiger partial charge in [0.25, 0.3) is 0 Å². The summed E-state index contributed by atoms with van der Waals surface area (Å²) < 4.78 is 1.96. The Morgan fingerprint density at radius 3 is 2.90 bits per heavy atom. The van der Waals surface area contributed by atoms with Gasteiger partial charge in [-0.1, -0.05) is 0 Å². The second kappa shape index (κ2) is 5.05. The van der Waals surface area contributed by atoms with E-state index in [1.807, 2.05) is 18.4 Å². The van der Waals surface area contributed by atoms with Gasteiger partial charge in [0.05, 0.1) is 0 Å². The summed E-state index contributed by atoms with van der Waals surface area (Å²) in [4.78, 5) is 17.2. The third-order valence-electron chi connectivity index (χ3n) is 4.61. The van der Waals surface area contributed by atoms with E-state index in [-0.39, 0.29) is 10.7 Å². The molecule has 0 aromatic carbocycles. The lowest BCUT2D eigenvalue weighted by Crippen LogP contribution is -2.41. The molecule has 2 aliphatic rings. The molecule has 3 rings (SSSR count). The molecule has 20 heavy (non-hydrogen) atoms. The number of hydrogen-bond donors (Lipinski definition) is 1. The van der Waals surface area contributed by atoms with Gasteiger partial charge in [0.2, 0.25) is 11.6 Å². The van der Waals surface area contributed by atoms with Crippen LogP contribution in [-0.2, 0) is 6.54 Å². The van der Waals surface area contributed by atoms with Gasteiger partial charge in [-0.3, -0.25) is 4.57 Å². The molecule has 0 spiro atoms. The van der Waals surface area contributed by atoms with Crippen LogP contribution in [0.25, 0.3) is 0 Å². The number of rotatable bonds is 3. The minimum absolute atomic E-state index is 0.00811. The Morgan fingerprint density at radius 1 is 1.45 bits per heavy atom. The quantitative estimate of drug-likeness (QED) is 0.664. The number of piperidine rings is 1. The van der Waals surface area contributed by atoms with Gasteiger partial charge in [0.1, 0.15) is 0 Å². The highest BCUT2D eigenvalue weighted by atomic mass is 16.6. The first-order chi connectivity index (χ1) is 9.61. The molecule has 0 radical (unpaired) electrons. The van der Waals surface area contributed by atoms with Crippen molar-refractivity contribution in [2.24, 2.45) is 11.8 Å². The number of aromatic nitrogens is 2. The van der Waals surface area contributed by atoms with Crippen molar-refractivity contribution < 1.29 is 4.92 Å². The Balaban J connectivity index is 1.94. The molecule has 2 unspecified atom stereocenters. The number of imidazole rings is 1. The average molecular weight is 279 g/mol. The minimum atomic E-state index is -0.354. The zero-order valence-electron chi connectivity index (χ0n) is 12.0. The molecule has 0 saturated carbocycles. The Morgan fingerprint density at radius 2 is 2.20 bits per heavy atom. The highest BCUT2D eigenvalue weighted by molar-refractivity contribution is 5.56. The second-order valence-electron chi connectivity index (χ2n) is 5.72. The molecule has 0 aliphatic carbocycles. The Kier molecular flexibility index (Phi) is 3.37. The summed E-state index contributed by atoms with van der Waals surface area (Å²) >= 11 is 0. The first-order valence-corrected chi connectivity index (χ1v) is 7.29. The molecule has 2 fully saturated rings. The SMILES string of the molecule is CCn1c(C)nc([N+](=O)[O-])c1N1CCC2CNCC2C1. The fourth-order valence-corrected chi connectivity index (χ4v) is 3.58. The molecule has 110 valence electrons. The van der Waals surface area contributed by atoms with Gasteiger partial charge in [-0.2, -0.15) is 0 Å². The molecule has 2 saturated heterocycles. The van der Waals surface area contributed by atoms with Crippen LogP contribution in [0.2, 0.25) is 0 Å². The molecule has 0 bridgehead atoms. The summed E-state index contributed by atoms with van der Waals surface area (Å²) in [5.41, 5.74) is 0. The van der Waals surface area contributed by atoms with Gasteiger partial charge < -0.3 is 20.3 Å². The summed E-state index contributed by atoms with van der Waals surface area (Å²) in [6.45, 7) is 8.44. The van der Waals surface area contributed by atoms with E-state index in [4.69, 9.17) is 0 Å². The first-order valence-electron chi connectivity index (χ1n) is 7.29. The predicted octanol–water partition coefficient (Wildman–Crippen LogP) is 1.17. The molecular formula is C13H21N5O2. The summed E-state index contributed by atoms with van der Waals surface area (Å²) in [6, 6.07) is 0. The van der Waals surface area contributed by atoms with E-state index in [0.29, 0.717) is 18.3 Å². The van der Waals surface area contributed by atoms with Crippen molar-refractivity contribution in [2.75, 3.05) is 31.1 Å². The largest absolute Gasteiger partial charge is 0.406 e. The minimum Gasteiger partial charge on any atom is -0.358 e. The predicted molar refractivity (Wildman–Crippen MR) is 76.0 cm³/mol. The van der Waals surface area contributed by atoms with Gasteiger partial charge >= 0.3 is 5.82 Å². The number of nitrogens with zero attached hydrogens (tertiary/aromatic N) is 4. The van der Waals surface area contributed by atoms with Crippen molar-refractivity contribution in [3.8, 4) is 0 Å². The van der Waals surface area contributed by atoms with Gasteiger partial charge in [-0.15, -0.1) is 0 Å². The topological polar surface area (TPSA) is 76.2 Å². The maximum Gasteiger partial charge on any atom is 0.406 e. The first kappa shape index (κ1) is 13.4. The molecule has 7 heteroatoms. The van der Waals surface area contributed by atoms with Crippen molar-refractivity contribution in [1.82, 2.24) is 14.9 Å².